The van der Waals surface area contributed by atoms with E-state index in [-0.39, 0.29) is 6.04 Å². The summed E-state index contributed by atoms with van der Waals surface area (Å²) in [5.74, 6) is 0. The second kappa shape index (κ2) is 5.04. The Hall–Kier alpha value is -2.92. The Bertz CT molecular complexity index is 1030. The molecule has 0 bridgehead atoms. The number of aliphatic hydroxyl groups excluding tert-OH is 1. The molecule has 5 heteroatoms. The minimum absolute atomic E-state index is 0.105. The number of hydrogen-bond acceptors (Lipinski definition) is 3. The molecule has 0 saturated heterocycles. The summed E-state index contributed by atoms with van der Waals surface area (Å²) in [6, 6.07) is 14.4. The van der Waals surface area contributed by atoms with Gasteiger partial charge in [-0.1, -0.05) is 30.3 Å². The topological polar surface area (TPSA) is 66.7 Å². The van der Waals surface area contributed by atoms with Crippen molar-refractivity contribution >= 4 is 10.9 Å². The lowest BCUT2D eigenvalue weighted by Crippen LogP contribution is -2.10. The predicted octanol–water partition coefficient (Wildman–Crippen LogP) is 3.45. The van der Waals surface area contributed by atoms with Gasteiger partial charge >= 0.3 is 0 Å². The quantitative estimate of drug-likeness (QED) is 0.608. The van der Waals surface area contributed by atoms with E-state index in [2.05, 4.69) is 37.9 Å². The molecule has 0 amide bonds. The molecule has 0 fully saturated rings. The van der Waals surface area contributed by atoms with Gasteiger partial charge in [-0.15, -0.1) is 0 Å². The fourth-order valence-corrected chi connectivity index (χ4v) is 3.69. The van der Waals surface area contributed by atoms with Crippen molar-refractivity contribution in [1.82, 2.24) is 19.7 Å². The maximum absolute atomic E-state index is 10.8. The minimum atomic E-state index is -0.546. The highest BCUT2D eigenvalue weighted by Gasteiger charge is 2.30. The van der Waals surface area contributed by atoms with Gasteiger partial charge < -0.3 is 9.67 Å². The van der Waals surface area contributed by atoms with Gasteiger partial charge in [-0.05, 0) is 23.3 Å². The van der Waals surface area contributed by atoms with Crippen LogP contribution in [0.15, 0.2) is 61.2 Å². The largest absolute Gasteiger partial charge is 0.388 e. The second-order valence-corrected chi connectivity index (χ2v) is 6.26. The van der Waals surface area contributed by atoms with Crippen molar-refractivity contribution in [1.29, 1.82) is 0 Å². The summed E-state index contributed by atoms with van der Waals surface area (Å²) < 4.78 is 2.16. The highest BCUT2D eigenvalue weighted by Crippen LogP contribution is 2.43. The minimum Gasteiger partial charge on any atom is -0.388 e. The van der Waals surface area contributed by atoms with Crippen molar-refractivity contribution in [2.45, 2.75) is 18.6 Å². The molecule has 0 spiro atoms. The number of H-pyrrole nitrogens is 1. The lowest BCUT2D eigenvalue weighted by molar-refractivity contribution is 0.154. The third-order valence-electron chi connectivity index (χ3n) is 4.89. The lowest BCUT2D eigenvalue weighted by atomic mass is 9.95. The molecule has 5 nitrogen and oxygen atoms in total. The third kappa shape index (κ3) is 1.91. The Labute approximate surface area is 138 Å². The standard InChI is InChI=1S/C19H16N4O/c24-19(12-5-6-16-13(7-12)9-21-22-16)8-17-14-3-1-2-4-15(14)18-10-20-11-23(17)18/h1-7,9-11,17,19,24H,8H2,(H,21,22). The van der Waals surface area contributed by atoms with Gasteiger partial charge in [0, 0.05) is 17.4 Å². The number of aromatic amines is 1. The first-order valence-electron chi connectivity index (χ1n) is 8.03. The number of imidazole rings is 1. The molecule has 1 aliphatic rings. The summed E-state index contributed by atoms with van der Waals surface area (Å²) in [5, 5.41) is 18.8. The van der Waals surface area contributed by atoms with Gasteiger partial charge in [0.2, 0.25) is 0 Å². The van der Waals surface area contributed by atoms with E-state index >= 15 is 0 Å². The van der Waals surface area contributed by atoms with E-state index in [0.29, 0.717) is 6.42 Å². The predicted molar refractivity (Wildman–Crippen MR) is 91.5 cm³/mol. The van der Waals surface area contributed by atoms with Crippen LogP contribution >= 0.6 is 0 Å². The van der Waals surface area contributed by atoms with E-state index in [4.69, 9.17) is 0 Å². The van der Waals surface area contributed by atoms with Crippen LogP contribution in [0, 0.1) is 0 Å². The summed E-state index contributed by atoms with van der Waals surface area (Å²) in [6.07, 6.45) is 5.60. The van der Waals surface area contributed by atoms with Gasteiger partial charge in [0.25, 0.3) is 0 Å². The lowest BCUT2D eigenvalue weighted by Gasteiger charge is -2.19. The molecule has 0 aliphatic carbocycles. The molecule has 2 atom stereocenters. The molecular weight excluding hydrogens is 300 g/mol. The van der Waals surface area contributed by atoms with Crippen LogP contribution in [0.4, 0.5) is 0 Å². The summed E-state index contributed by atoms with van der Waals surface area (Å²) in [6.45, 7) is 0. The Morgan fingerprint density at radius 3 is 3.04 bits per heavy atom. The number of aromatic nitrogens is 4. The Morgan fingerprint density at radius 1 is 1.17 bits per heavy atom. The molecule has 2 N–H and O–H groups in total. The van der Waals surface area contributed by atoms with E-state index in [9.17, 15) is 5.11 Å². The molecule has 5 rings (SSSR count). The van der Waals surface area contributed by atoms with E-state index in [1.165, 1.54) is 11.1 Å². The average Bonchev–Trinajstić information content (AvgIpc) is 3.31. The van der Waals surface area contributed by atoms with Crippen LogP contribution in [-0.2, 0) is 0 Å². The molecule has 2 aromatic heterocycles. The van der Waals surface area contributed by atoms with Gasteiger partial charge in [-0.25, -0.2) is 4.98 Å². The van der Waals surface area contributed by atoms with Crippen LogP contribution in [0.5, 0.6) is 0 Å². The molecule has 4 aromatic rings. The molecule has 2 unspecified atom stereocenters. The summed E-state index contributed by atoms with van der Waals surface area (Å²) >= 11 is 0. The molecular formula is C19H16N4O. The summed E-state index contributed by atoms with van der Waals surface area (Å²) in [5.41, 5.74) is 5.47. The molecule has 2 aromatic carbocycles. The first-order valence-corrected chi connectivity index (χ1v) is 8.03. The van der Waals surface area contributed by atoms with E-state index < -0.39 is 6.10 Å². The zero-order valence-corrected chi connectivity index (χ0v) is 12.9. The normalized spacial score (nSPS) is 17.0. The van der Waals surface area contributed by atoms with Gasteiger partial charge in [0.05, 0.1) is 42.1 Å². The van der Waals surface area contributed by atoms with Crippen molar-refractivity contribution < 1.29 is 5.11 Å². The zero-order valence-electron chi connectivity index (χ0n) is 12.9. The van der Waals surface area contributed by atoms with Gasteiger partial charge in [-0.2, -0.15) is 5.10 Å². The van der Waals surface area contributed by atoms with Crippen LogP contribution in [0.3, 0.4) is 0 Å². The first kappa shape index (κ1) is 13.5. The Balaban J connectivity index is 1.51. The van der Waals surface area contributed by atoms with Crippen molar-refractivity contribution in [3.8, 4) is 11.3 Å². The second-order valence-electron chi connectivity index (χ2n) is 6.26. The fourth-order valence-electron chi connectivity index (χ4n) is 3.69. The number of aliphatic hydroxyl groups is 1. The van der Waals surface area contributed by atoms with Gasteiger partial charge in [0.15, 0.2) is 0 Å². The number of benzene rings is 2. The van der Waals surface area contributed by atoms with E-state index in [0.717, 1.165) is 22.2 Å². The van der Waals surface area contributed by atoms with Crippen LogP contribution in [0.25, 0.3) is 22.2 Å². The molecule has 3 heterocycles. The smallest absolute Gasteiger partial charge is 0.0956 e. The van der Waals surface area contributed by atoms with Crippen molar-refractivity contribution in [3.63, 3.8) is 0 Å². The molecule has 1 aliphatic heterocycles. The van der Waals surface area contributed by atoms with E-state index in [1.54, 1.807) is 6.20 Å². The zero-order chi connectivity index (χ0) is 16.1. The number of nitrogens with zero attached hydrogens (tertiary/aromatic N) is 3. The van der Waals surface area contributed by atoms with Gasteiger partial charge in [-0.3, -0.25) is 5.10 Å². The number of rotatable bonds is 3. The van der Waals surface area contributed by atoms with E-state index in [1.807, 2.05) is 36.8 Å². The molecule has 118 valence electrons. The fraction of sp³-hybridized carbons (Fsp3) is 0.158. The SMILES string of the molecule is OC(CC1c2ccccc2-c2cncn21)c1ccc2[nH]ncc2c1. The third-order valence-corrected chi connectivity index (χ3v) is 4.89. The number of hydrogen-bond donors (Lipinski definition) is 2. The van der Waals surface area contributed by atoms with Crippen LogP contribution in [0.1, 0.15) is 29.7 Å². The van der Waals surface area contributed by atoms with Crippen LogP contribution in [0.2, 0.25) is 0 Å². The van der Waals surface area contributed by atoms with Crippen molar-refractivity contribution in [2.24, 2.45) is 0 Å². The number of nitrogens with one attached hydrogen (secondary N) is 1. The van der Waals surface area contributed by atoms with Gasteiger partial charge in [0.1, 0.15) is 0 Å². The highest BCUT2D eigenvalue weighted by molar-refractivity contribution is 5.78. The maximum atomic E-state index is 10.8. The maximum Gasteiger partial charge on any atom is 0.0956 e. The number of fused-ring (bicyclic) bond motifs is 4. The first-order chi connectivity index (χ1) is 11.8. The molecule has 0 radical (unpaired) electrons. The Morgan fingerprint density at radius 2 is 2.08 bits per heavy atom. The van der Waals surface area contributed by atoms with Crippen molar-refractivity contribution in [3.05, 3.63) is 72.3 Å². The molecule has 24 heavy (non-hydrogen) atoms. The Kier molecular flexibility index (Phi) is 2.84. The summed E-state index contributed by atoms with van der Waals surface area (Å²) in [4.78, 5) is 4.28. The van der Waals surface area contributed by atoms with Crippen LogP contribution in [-0.4, -0.2) is 24.9 Å². The monoisotopic (exact) mass is 316 g/mol. The summed E-state index contributed by atoms with van der Waals surface area (Å²) in [7, 11) is 0. The van der Waals surface area contributed by atoms with Crippen molar-refractivity contribution in [2.75, 3.05) is 0 Å². The molecule has 0 saturated carbocycles. The highest BCUT2D eigenvalue weighted by atomic mass is 16.3. The average molecular weight is 316 g/mol. The van der Waals surface area contributed by atoms with Crippen LogP contribution < -0.4 is 0 Å².